The zero-order valence-corrected chi connectivity index (χ0v) is 13.5. The molecule has 1 atom stereocenters. The molecule has 0 heterocycles. The number of para-hydroxylation sites is 1. The van der Waals surface area contributed by atoms with Crippen molar-refractivity contribution >= 4 is 17.5 Å². The zero-order chi connectivity index (χ0) is 15.3. The van der Waals surface area contributed by atoms with Crippen molar-refractivity contribution in [1.29, 1.82) is 0 Å². The van der Waals surface area contributed by atoms with Gasteiger partial charge in [-0.25, -0.2) is 0 Å². The van der Waals surface area contributed by atoms with E-state index in [2.05, 4.69) is 19.2 Å². The molecule has 20 heavy (non-hydrogen) atoms. The van der Waals surface area contributed by atoms with Crippen LogP contribution in [0, 0.1) is 0 Å². The van der Waals surface area contributed by atoms with Gasteiger partial charge in [0.2, 0.25) is 0 Å². The first-order valence-electron chi connectivity index (χ1n) is 6.71. The van der Waals surface area contributed by atoms with Crippen LogP contribution in [0.15, 0.2) is 18.2 Å². The number of hydrogen-bond donors (Lipinski definition) is 1. The van der Waals surface area contributed by atoms with E-state index in [-0.39, 0.29) is 5.91 Å². The monoisotopic (exact) mass is 298 g/mol. The van der Waals surface area contributed by atoms with Crippen molar-refractivity contribution in [3.63, 3.8) is 0 Å². The molecule has 1 rings (SSSR count). The number of benzene rings is 1. The third-order valence-electron chi connectivity index (χ3n) is 2.83. The number of carbonyl (C=O) groups is 1. The summed E-state index contributed by atoms with van der Waals surface area (Å²) < 4.78 is 5.77. The van der Waals surface area contributed by atoms with Crippen molar-refractivity contribution in [2.75, 3.05) is 14.1 Å². The Balaban J connectivity index is 2.90. The second-order valence-corrected chi connectivity index (χ2v) is 5.66. The third kappa shape index (κ3) is 4.69. The second-order valence-electron chi connectivity index (χ2n) is 5.26. The second kappa shape index (κ2) is 7.50. The molecule has 0 aliphatic heterocycles. The zero-order valence-electron chi connectivity index (χ0n) is 12.7. The lowest BCUT2D eigenvalue weighted by Crippen LogP contribution is -2.35. The number of halogens is 1. The maximum atomic E-state index is 11.9. The molecule has 0 aliphatic carbocycles. The van der Waals surface area contributed by atoms with Crippen LogP contribution >= 0.6 is 11.6 Å². The molecule has 1 unspecified atom stereocenters. The highest BCUT2D eigenvalue weighted by Crippen LogP contribution is 2.29. The predicted molar refractivity (Wildman–Crippen MR) is 82.2 cm³/mol. The summed E-state index contributed by atoms with van der Waals surface area (Å²) in [5.41, 5.74) is 0.949. The molecule has 0 saturated heterocycles. The third-order valence-corrected chi connectivity index (χ3v) is 3.13. The Morgan fingerprint density at radius 1 is 1.35 bits per heavy atom. The van der Waals surface area contributed by atoms with Gasteiger partial charge in [-0.2, -0.15) is 0 Å². The van der Waals surface area contributed by atoms with E-state index in [1.165, 1.54) is 4.90 Å². The first-order valence-corrected chi connectivity index (χ1v) is 7.09. The fraction of sp³-hybridized carbons (Fsp3) is 0.533. The smallest absolute Gasteiger partial charge is 0.262 e. The molecule has 112 valence electrons. The van der Waals surface area contributed by atoms with Crippen LogP contribution in [0.5, 0.6) is 5.75 Å². The molecule has 0 spiro atoms. The van der Waals surface area contributed by atoms with E-state index in [1.807, 2.05) is 12.1 Å². The average molecular weight is 299 g/mol. The number of rotatable bonds is 6. The van der Waals surface area contributed by atoms with Crippen molar-refractivity contribution in [2.45, 2.75) is 39.5 Å². The van der Waals surface area contributed by atoms with Crippen LogP contribution in [0.2, 0.25) is 5.02 Å². The number of nitrogens with zero attached hydrogens (tertiary/aromatic N) is 1. The van der Waals surface area contributed by atoms with Gasteiger partial charge in [0.25, 0.3) is 5.91 Å². The van der Waals surface area contributed by atoms with Crippen LogP contribution in [0.3, 0.4) is 0 Å². The molecule has 0 fully saturated rings. The first-order chi connectivity index (χ1) is 9.32. The Morgan fingerprint density at radius 3 is 2.55 bits per heavy atom. The Labute approximate surface area is 126 Å². The number of likely N-dealkylation sites (N-methyl/N-ethyl adjacent to an activating group) is 1. The highest BCUT2D eigenvalue weighted by atomic mass is 35.5. The molecule has 0 aromatic heterocycles. The van der Waals surface area contributed by atoms with Crippen molar-refractivity contribution in [3.8, 4) is 5.75 Å². The van der Waals surface area contributed by atoms with Crippen molar-refractivity contribution in [1.82, 2.24) is 10.2 Å². The molecule has 1 aromatic rings. The summed E-state index contributed by atoms with van der Waals surface area (Å²) in [5.74, 6) is 0.484. The lowest BCUT2D eigenvalue weighted by Gasteiger charge is -2.21. The van der Waals surface area contributed by atoms with Gasteiger partial charge < -0.3 is 15.0 Å². The van der Waals surface area contributed by atoms with Gasteiger partial charge in [-0.1, -0.05) is 37.6 Å². The fourth-order valence-corrected chi connectivity index (χ4v) is 1.97. The number of hydrogen-bond acceptors (Lipinski definition) is 3. The van der Waals surface area contributed by atoms with Gasteiger partial charge in [-0.05, 0) is 13.0 Å². The summed E-state index contributed by atoms with van der Waals surface area (Å²) in [5, 5.41) is 3.84. The molecular formula is C15H23ClN2O2. The summed E-state index contributed by atoms with van der Waals surface area (Å²) in [7, 11) is 3.41. The van der Waals surface area contributed by atoms with E-state index in [4.69, 9.17) is 16.3 Å². The lowest BCUT2D eigenvalue weighted by atomic mass is 10.2. The quantitative estimate of drug-likeness (QED) is 0.878. The molecule has 0 aliphatic rings. The summed E-state index contributed by atoms with van der Waals surface area (Å²) in [6.07, 6.45) is -0.567. The molecule has 0 bridgehead atoms. The van der Waals surface area contributed by atoms with E-state index in [0.717, 1.165) is 5.56 Å². The Kier molecular flexibility index (Phi) is 6.30. The van der Waals surface area contributed by atoms with Crippen LogP contribution in [0.4, 0.5) is 0 Å². The maximum Gasteiger partial charge on any atom is 0.262 e. The van der Waals surface area contributed by atoms with Crippen LogP contribution in [0.25, 0.3) is 0 Å². The van der Waals surface area contributed by atoms with E-state index in [1.54, 1.807) is 27.1 Å². The molecule has 0 radical (unpaired) electrons. The van der Waals surface area contributed by atoms with Gasteiger partial charge in [0.05, 0.1) is 5.02 Å². The van der Waals surface area contributed by atoms with E-state index in [9.17, 15) is 4.79 Å². The average Bonchev–Trinajstić information content (AvgIpc) is 2.38. The standard InChI is InChI=1S/C15H23ClN2O2/c1-10(2)17-9-12-7-6-8-13(16)14(12)20-11(3)15(19)18(4)5/h6-8,10-11,17H,9H2,1-5H3. The largest absolute Gasteiger partial charge is 0.479 e. The molecule has 5 heteroatoms. The molecule has 1 amide bonds. The summed E-state index contributed by atoms with van der Waals surface area (Å²) in [4.78, 5) is 13.4. The summed E-state index contributed by atoms with van der Waals surface area (Å²) >= 11 is 6.20. The number of nitrogens with one attached hydrogen (secondary N) is 1. The number of amides is 1. The molecular weight excluding hydrogens is 276 g/mol. The highest BCUT2D eigenvalue weighted by Gasteiger charge is 2.19. The van der Waals surface area contributed by atoms with Crippen LogP contribution in [-0.4, -0.2) is 37.0 Å². The van der Waals surface area contributed by atoms with Gasteiger partial charge in [0.1, 0.15) is 5.75 Å². The normalized spacial score (nSPS) is 12.3. The van der Waals surface area contributed by atoms with Crippen LogP contribution in [0.1, 0.15) is 26.3 Å². The number of carbonyl (C=O) groups excluding carboxylic acids is 1. The van der Waals surface area contributed by atoms with Crippen LogP contribution in [-0.2, 0) is 11.3 Å². The van der Waals surface area contributed by atoms with Gasteiger partial charge in [0.15, 0.2) is 6.10 Å². The predicted octanol–water partition coefficient (Wildman–Crippen LogP) is 2.69. The van der Waals surface area contributed by atoms with Crippen molar-refractivity contribution in [2.24, 2.45) is 0 Å². The molecule has 1 N–H and O–H groups in total. The van der Waals surface area contributed by atoms with Gasteiger partial charge >= 0.3 is 0 Å². The molecule has 0 saturated carbocycles. The van der Waals surface area contributed by atoms with Crippen molar-refractivity contribution < 1.29 is 9.53 Å². The topological polar surface area (TPSA) is 41.6 Å². The fourth-order valence-electron chi connectivity index (χ4n) is 1.73. The van der Waals surface area contributed by atoms with E-state index >= 15 is 0 Å². The first kappa shape index (κ1) is 16.8. The SMILES string of the molecule is CC(C)NCc1cccc(Cl)c1OC(C)C(=O)N(C)C. The number of ether oxygens (including phenoxy) is 1. The van der Waals surface area contributed by atoms with Gasteiger partial charge in [-0.15, -0.1) is 0 Å². The minimum Gasteiger partial charge on any atom is -0.479 e. The summed E-state index contributed by atoms with van der Waals surface area (Å²) in [6, 6.07) is 5.96. The van der Waals surface area contributed by atoms with Gasteiger partial charge in [0, 0.05) is 32.2 Å². The van der Waals surface area contributed by atoms with Crippen LogP contribution < -0.4 is 10.1 Å². The highest BCUT2D eigenvalue weighted by molar-refractivity contribution is 6.32. The Hall–Kier alpha value is -1.26. The van der Waals surface area contributed by atoms with E-state index in [0.29, 0.717) is 23.4 Å². The molecule has 1 aromatic carbocycles. The minimum atomic E-state index is -0.567. The van der Waals surface area contributed by atoms with E-state index < -0.39 is 6.10 Å². The minimum absolute atomic E-state index is 0.0901. The Bertz CT molecular complexity index is 461. The maximum absolute atomic E-state index is 11.9. The van der Waals surface area contributed by atoms with Gasteiger partial charge in [-0.3, -0.25) is 4.79 Å². The lowest BCUT2D eigenvalue weighted by molar-refractivity contribution is -0.135. The molecule has 4 nitrogen and oxygen atoms in total. The summed E-state index contributed by atoms with van der Waals surface area (Å²) in [6.45, 7) is 6.52. The Morgan fingerprint density at radius 2 is 2.00 bits per heavy atom. The van der Waals surface area contributed by atoms with Crippen molar-refractivity contribution in [3.05, 3.63) is 28.8 Å².